The predicted octanol–water partition coefficient (Wildman–Crippen LogP) is 0.460. The summed E-state index contributed by atoms with van der Waals surface area (Å²) in [6.07, 6.45) is 3.05. The summed E-state index contributed by atoms with van der Waals surface area (Å²) in [4.78, 5) is 9.06. The minimum absolute atomic E-state index is 0.393. The van der Waals surface area contributed by atoms with Crippen molar-refractivity contribution in [2.75, 3.05) is 40.4 Å². The van der Waals surface area contributed by atoms with E-state index in [4.69, 9.17) is 9.26 Å². The van der Waals surface area contributed by atoms with Crippen molar-refractivity contribution in [2.45, 2.75) is 43.9 Å². The maximum atomic E-state index is 9.82. The molecule has 0 aromatic carbocycles. The van der Waals surface area contributed by atoms with Gasteiger partial charge in [0.05, 0.1) is 19.3 Å². The summed E-state index contributed by atoms with van der Waals surface area (Å²) < 4.78 is 10.3. The van der Waals surface area contributed by atoms with E-state index >= 15 is 0 Å². The molecule has 1 N–H and O–H groups in total. The van der Waals surface area contributed by atoms with Crippen LogP contribution in [0.15, 0.2) is 4.52 Å². The lowest BCUT2D eigenvalue weighted by Crippen LogP contribution is -2.37. The first-order chi connectivity index (χ1) is 10.7. The minimum Gasteiger partial charge on any atom is -0.389 e. The highest BCUT2D eigenvalue weighted by Gasteiger charge is 2.31. The van der Waals surface area contributed by atoms with Crippen molar-refractivity contribution in [3.8, 4) is 0 Å². The monoisotopic (exact) mass is 310 g/mol. The van der Waals surface area contributed by atoms with E-state index in [9.17, 15) is 5.11 Å². The van der Waals surface area contributed by atoms with E-state index in [1.807, 2.05) is 0 Å². The predicted molar refractivity (Wildman–Crippen MR) is 80.5 cm³/mol. The number of likely N-dealkylation sites (tertiary alicyclic amines) is 1. The van der Waals surface area contributed by atoms with Crippen LogP contribution >= 0.6 is 0 Å². The maximum absolute atomic E-state index is 9.82. The molecule has 22 heavy (non-hydrogen) atoms. The first kappa shape index (κ1) is 15.9. The molecule has 0 bridgehead atoms. The second-order valence-corrected chi connectivity index (χ2v) is 6.55. The average molecular weight is 310 g/mol. The summed E-state index contributed by atoms with van der Waals surface area (Å²) in [7, 11) is 3.72. The standard InChI is InChI=1S/C15H26N4O3/c1-18(9-14-16-15(22-17-14)11-3-4-11)12-5-6-19(7-12)8-13(20)10-21-2/h11-13,20H,3-10H2,1-2H3/t12-,13-/m1/s1. The van der Waals surface area contributed by atoms with Crippen LogP contribution < -0.4 is 0 Å². The van der Waals surface area contributed by atoms with Crippen LogP contribution in [0.5, 0.6) is 0 Å². The summed E-state index contributed by atoms with van der Waals surface area (Å²) in [5, 5.41) is 13.9. The van der Waals surface area contributed by atoms with E-state index in [1.165, 1.54) is 12.8 Å². The number of ether oxygens (including phenoxy) is 1. The molecule has 1 aliphatic heterocycles. The Balaban J connectivity index is 1.45. The Morgan fingerprint density at radius 2 is 2.27 bits per heavy atom. The van der Waals surface area contributed by atoms with Crippen molar-refractivity contribution in [2.24, 2.45) is 0 Å². The van der Waals surface area contributed by atoms with Gasteiger partial charge in [0.15, 0.2) is 5.82 Å². The van der Waals surface area contributed by atoms with Crippen LogP contribution in [0.2, 0.25) is 0 Å². The molecular formula is C15H26N4O3. The third-order valence-corrected chi connectivity index (χ3v) is 4.50. The number of rotatable bonds is 8. The number of β-amino-alcohol motifs (C(OH)–C–C–N with tert-alkyl or cyclic N) is 1. The van der Waals surface area contributed by atoms with Gasteiger partial charge in [-0.25, -0.2) is 0 Å². The number of likely N-dealkylation sites (N-methyl/N-ethyl adjacent to an activating group) is 1. The molecule has 7 heteroatoms. The molecule has 0 radical (unpaired) electrons. The molecule has 2 atom stereocenters. The molecular weight excluding hydrogens is 284 g/mol. The van der Waals surface area contributed by atoms with Crippen LogP contribution in [0.4, 0.5) is 0 Å². The van der Waals surface area contributed by atoms with Crippen LogP contribution in [0.3, 0.4) is 0 Å². The summed E-state index contributed by atoms with van der Waals surface area (Å²) in [5.41, 5.74) is 0. The molecule has 1 saturated carbocycles. The average Bonchev–Trinajstić information content (AvgIpc) is 3.05. The van der Waals surface area contributed by atoms with Gasteiger partial charge < -0.3 is 14.4 Å². The fourth-order valence-corrected chi connectivity index (χ4v) is 3.06. The fourth-order valence-electron chi connectivity index (χ4n) is 3.06. The van der Waals surface area contributed by atoms with Gasteiger partial charge in [0.1, 0.15) is 0 Å². The van der Waals surface area contributed by atoms with E-state index in [1.54, 1.807) is 7.11 Å². The van der Waals surface area contributed by atoms with Gasteiger partial charge in [-0.2, -0.15) is 4.98 Å². The van der Waals surface area contributed by atoms with E-state index in [2.05, 4.69) is 27.0 Å². The van der Waals surface area contributed by atoms with Gasteiger partial charge in [0, 0.05) is 32.2 Å². The van der Waals surface area contributed by atoms with Crippen molar-refractivity contribution in [3.63, 3.8) is 0 Å². The van der Waals surface area contributed by atoms with Crippen LogP contribution in [0, 0.1) is 0 Å². The quantitative estimate of drug-likeness (QED) is 0.747. The van der Waals surface area contributed by atoms with Gasteiger partial charge in [-0.3, -0.25) is 9.80 Å². The van der Waals surface area contributed by atoms with Gasteiger partial charge in [0.25, 0.3) is 0 Å². The van der Waals surface area contributed by atoms with Gasteiger partial charge >= 0.3 is 0 Å². The number of aromatic nitrogens is 2. The summed E-state index contributed by atoms with van der Waals surface area (Å²) in [6.45, 7) is 3.76. The number of methoxy groups -OCH3 is 1. The molecule has 124 valence electrons. The smallest absolute Gasteiger partial charge is 0.229 e. The Labute approximate surface area is 131 Å². The van der Waals surface area contributed by atoms with Crippen LogP contribution in [-0.4, -0.2) is 77.6 Å². The topological polar surface area (TPSA) is 74.9 Å². The van der Waals surface area contributed by atoms with Crippen LogP contribution in [0.25, 0.3) is 0 Å². The third kappa shape index (κ3) is 4.04. The highest BCUT2D eigenvalue weighted by molar-refractivity contribution is 5.01. The second-order valence-electron chi connectivity index (χ2n) is 6.55. The zero-order valence-electron chi connectivity index (χ0n) is 13.4. The zero-order valence-corrected chi connectivity index (χ0v) is 13.4. The number of aliphatic hydroxyl groups is 1. The largest absolute Gasteiger partial charge is 0.389 e. The van der Waals surface area contributed by atoms with Gasteiger partial charge in [-0.15, -0.1) is 0 Å². The number of hydrogen-bond donors (Lipinski definition) is 1. The number of aliphatic hydroxyl groups excluding tert-OH is 1. The van der Waals surface area contributed by atoms with E-state index < -0.39 is 6.10 Å². The van der Waals surface area contributed by atoms with Crippen molar-refractivity contribution < 1.29 is 14.4 Å². The molecule has 7 nitrogen and oxygen atoms in total. The Hall–Kier alpha value is -1.02. The van der Waals surface area contributed by atoms with Gasteiger partial charge in [0.2, 0.25) is 5.89 Å². The van der Waals surface area contributed by atoms with Crippen LogP contribution in [0.1, 0.15) is 36.9 Å². The normalized spacial score (nSPS) is 24.3. The molecule has 0 unspecified atom stereocenters. The van der Waals surface area contributed by atoms with E-state index in [0.29, 0.717) is 25.1 Å². The SMILES string of the molecule is COC[C@H](O)CN1CC[C@@H](N(C)Cc2noc(C3CC3)n2)C1. The first-order valence-electron chi connectivity index (χ1n) is 8.07. The zero-order chi connectivity index (χ0) is 15.5. The maximum Gasteiger partial charge on any atom is 0.229 e. The Morgan fingerprint density at radius 1 is 1.45 bits per heavy atom. The molecule has 1 aliphatic carbocycles. The molecule has 2 aliphatic rings. The minimum atomic E-state index is -0.410. The summed E-state index contributed by atoms with van der Waals surface area (Å²) in [5.74, 6) is 2.09. The molecule has 2 heterocycles. The van der Waals surface area contributed by atoms with Gasteiger partial charge in [-0.1, -0.05) is 5.16 Å². The molecule has 3 rings (SSSR count). The highest BCUT2D eigenvalue weighted by atomic mass is 16.5. The van der Waals surface area contributed by atoms with Crippen molar-refractivity contribution in [3.05, 3.63) is 11.7 Å². The van der Waals surface area contributed by atoms with Crippen LogP contribution in [-0.2, 0) is 11.3 Å². The molecule has 2 fully saturated rings. The molecule has 1 saturated heterocycles. The Morgan fingerprint density at radius 3 is 3.00 bits per heavy atom. The number of hydrogen-bond acceptors (Lipinski definition) is 7. The van der Waals surface area contributed by atoms with Crippen molar-refractivity contribution in [1.29, 1.82) is 0 Å². The molecule has 0 amide bonds. The van der Waals surface area contributed by atoms with Crippen molar-refractivity contribution in [1.82, 2.24) is 19.9 Å². The Bertz CT molecular complexity index is 477. The Kier molecular flexibility index (Phi) is 5.07. The highest BCUT2D eigenvalue weighted by Crippen LogP contribution is 2.38. The number of nitrogens with zero attached hydrogens (tertiary/aromatic N) is 4. The van der Waals surface area contributed by atoms with Crippen molar-refractivity contribution >= 4 is 0 Å². The molecule has 1 aromatic rings. The van der Waals surface area contributed by atoms with E-state index in [-0.39, 0.29) is 0 Å². The lowest BCUT2D eigenvalue weighted by molar-refractivity contribution is 0.0413. The fraction of sp³-hybridized carbons (Fsp3) is 0.867. The summed E-state index contributed by atoms with van der Waals surface area (Å²) >= 11 is 0. The third-order valence-electron chi connectivity index (χ3n) is 4.50. The molecule has 0 spiro atoms. The first-order valence-corrected chi connectivity index (χ1v) is 8.07. The molecule has 1 aromatic heterocycles. The van der Waals surface area contributed by atoms with E-state index in [0.717, 1.165) is 37.8 Å². The second kappa shape index (κ2) is 7.04. The van der Waals surface area contributed by atoms with Gasteiger partial charge in [-0.05, 0) is 32.9 Å². The lowest BCUT2D eigenvalue weighted by atomic mass is 10.2. The summed E-state index contributed by atoms with van der Waals surface area (Å²) in [6, 6.07) is 0.470. The lowest BCUT2D eigenvalue weighted by Gasteiger charge is -2.24.